The van der Waals surface area contributed by atoms with Gasteiger partial charge >= 0.3 is 0 Å². The normalized spacial score (nSPS) is 17.3. The van der Waals surface area contributed by atoms with Crippen LogP contribution >= 0.6 is 0 Å². The highest BCUT2D eigenvalue weighted by Crippen LogP contribution is 2.26. The lowest BCUT2D eigenvalue weighted by Gasteiger charge is -2.30. The van der Waals surface area contributed by atoms with E-state index in [-0.39, 0.29) is 5.52 Å². The van der Waals surface area contributed by atoms with E-state index in [0.29, 0.717) is 36.6 Å². The fourth-order valence-corrected chi connectivity index (χ4v) is 3.91. The van der Waals surface area contributed by atoms with Crippen LogP contribution < -0.4 is 5.32 Å². The largest absolute Gasteiger partial charge is 0.384 e. The molecule has 0 atom stereocenters. The minimum atomic E-state index is -3.13. The summed E-state index contributed by atoms with van der Waals surface area (Å²) in [5, 5.41) is 3.63. The number of rotatable bonds is 4. The molecule has 2 aromatic rings. The minimum Gasteiger partial charge on any atom is -0.384 e. The number of sulfonamides is 1. The summed E-state index contributed by atoms with van der Waals surface area (Å²) in [7, 11) is -3.13. The molecule has 1 aliphatic heterocycles. The Morgan fingerprint density at radius 1 is 1.29 bits per heavy atom. The molecule has 0 saturated carbocycles. The highest BCUT2D eigenvalue weighted by atomic mass is 32.2. The van der Waals surface area contributed by atoms with E-state index >= 15 is 0 Å². The van der Waals surface area contributed by atoms with Crippen molar-refractivity contribution in [2.45, 2.75) is 12.8 Å². The molecule has 1 fully saturated rings. The number of halogens is 2. The standard InChI is InChI=1S/C16H19F2N3O2S/c1-24(22,23)21-6-3-11(4-7-21)10-20-15-2-5-19-16-13(15)8-12(17)9-14(16)18/h2,5,8-9,11H,3-4,6-7,10H2,1H3,(H,19,20). The molecule has 1 aromatic heterocycles. The third-order valence-corrected chi connectivity index (χ3v) is 5.69. The average molecular weight is 355 g/mol. The first-order valence-corrected chi connectivity index (χ1v) is 9.62. The predicted molar refractivity (Wildman–Crippen MR) is 89.3 cm³/mol. The van der Waals surface area contributed by atoms with Crippen LogP contribution in [-0.2, 0) is 10.0 Å². The van der Waals surface area contributed by atoms with E-state index in [2.05, 4.69) is 10.3 Å². The van der Waals surface area contributed by atoms with Crippen molar-refractivity contribution in [3.05, 3.63) is 36.0 Å². The van der Waals surface area contributed by atoms with Crippen molar-refractivity contribution >= 4 is 26.6 Å². The Morgan fingerprint density at radius 3 is 2.67 bits per heavy atom. The highest BCUT2D eigenvalue weighted by molar-refractivity contribution is 7.88. The van der Waals surface area contributed by atoms with Gasteiger partial charge in [-0.25, -0.2) is 21.5 Å². The maximum absolute atomic E-state index is 13.8. The van der Waals surface area contributed by atoms with Crippen molar-refractivity contribution < 1.29 is 17.2 Å². The average Bonchev–Trinajstić information content (AvgIpc) is 2.52. The van der Waals surface area contributed by atoms with Crippen LogP contribution in [0.1, 0.15) is 12.8 Å². The van der Waals surface area contributed by atoms with Gasteiger partial charge in [0.2, 0.25) is 10.0 Å². The molecule has 0 amide bonds. The Bertz CT molecular complexity index is 850. The lowest BCUT2D eigenvalue weighted by molar-refractivity contribution is 0.283. The Labute approximate surface area is 139 Å². The van der Waals surface area contributed by atoms with Crippen LogP contribution in [0.3, 0.4) is 0 Å². The number of fused-ring (bicyclic) bond motifs is 1. The molecule has 130 valence electrons. The summed E-state index contributed by atoms with van der Waals surface area (Å²) in [6.07, 6.45) is 4.22. The molecule has 2 heterocycles. The SMILES string of the molecule is CS(=O)(=O)N1CCC(CNc2ccnc3c(F)cc(F)cc23)CC1. The number of nitrogens with zero attached hydrogens (tertiary/aromatic N) is 2. The zero-order valence-corrected chi connectivity index (χ0v) is 14.1. The molecule has 8 heteroatoms. The molecular weight excluding hydrogens is 336 g/mol. The Morgan fingerprint density at radius 2 is 2.00 bits per heavy atom. The molecular formula is C16H19F2N3O2S. The monoisotopic (exact) mass is 355 g/mol. The van der Waals surface area contributed by atoms with Gasteiger partial charge in [0.25, 0.3) is 0 Å². The molecule has 24 heavy (non-hydrogen) atoms. The lowest BCUT2D eigenvalue weighted by Crippen LogP contribution is -2.39. The fraction of sp³-hybridized carbons (Fsp3) is 0.438. The van der Waals surface area contributed by atoms with Crippen LogP contribution in [0.4, 0.5) is 14.5 Å². The molecule has 3 rings (SSSR count). The van der Waals surface area contributed by atoms with Crippen LogP contribution in [0.15, 0.2) is 24.4 Å². The first kappa shape index (κ1) is 17.0. The molecule has 1 N–H and O–H groups in total. The molecule has 1 aromatic carbocycles. The quantitative estimate of drug-likeness (QED) is 0.916. The van der Waals surface area contributed by atoms with Crippen LogP contribution in [-0.4, -0.2) is 43.6 Å². The molecule has 0 spiro atoms. The third-order valence-electron chi connectivity index (χ3n) is 4.39. The third kappa shape index (κ3) is 3.64. The molecule has 5 nitrogen and oxygen atoms in total. The van der Waals surface area contributed by atoms with Gasteiger partial charge in [-0.2, -0.15) is 0 Å². The van der Waals surface area contributed by atoms with Crippen molar-refractivity contribution in [1.29, 1.82) is 0 Å². The zero-order chi connectivity index (χ0) is 17.3. The van der Waals surface area contributed by atoms with Gasteiger partial charge in [-0.3, -0.25) is 4.98 Å². The van der Waals surface area contributed by atoms with Gasteiger partial charge in [0.15, 0.2) is 5.82 Å². The van der Waals surface area contributed by atoms with Crippen LogP contribution in [0.25, 0.3) is 10.9 Å². The van der Waals surface area contributed by atoms with Crippen molar-refractivity contribution in [2.75, 3.05) is 31.2 Å². The summed E-state index contributed by atoms with van der Waals surface area (Å²) in [5.74, 6) is -1.02. The first-order chi connectivity index (χ1) is 11.3. The van der Waals surface area contributed by atoms with Crippen molar-refractivity contribution in [3.63, 3.8) is 0 Å². The van der Waals surface area contributed by atoms with Crippen LogP contribution in [0, 0.1) is 17.6 Å². The van der Waals surface area contributed by atoms with Gasteiger partial charge in [0, 0.05) is 43.0 Å². The zero-order valence-electron chi connectivity index (χ0n) is 13.3. The summed E-state index contributed by atoms with van der Waals surface area (Å²) in [6, 6.07) is 3.77. The minimum absolute atomic E-state index is 0.133. The number of benzene rings is 1. The van der Waals surface area contributed by atoms with E-state index < -0.39 is 21.7 Å². The number of hydrogen-bond acceptors (Lipinski definition) is 4. The van der Waals surface area contributed by atoms with E-state index in [9.17, 15) is 17.2 Å². The molecule has 1 aliphatic rings. The van der Waals surface area contributed by atoms with E-state index in [0.717, 1.165) is 18.9 Å². The molecule has 0 unspecified atom stereocenters. The van der Waals surface area contributed by atoms with Crippen LogP contribution in [0.2, 0.25) is 0 Å². The second kappa shape index (κ2) is 6.60. The van der Waals surface area contributed by atoms with Gasteiger partial charge in [-0.15, -0.1) is 0 Å². The van der Waals surface area contributed by atoms with Crippen molar-refractivity contribution in [3.8, 4) is 0 Å². The van der Waals surface area contributed by atoms with Crippen molar-refractivity contribution in [2.24, 2.45) is 5.92 Å². The maximum atomic E-state index is 13.8. The Hall–Kier alpha value is -1.80. The second-order valence-corrected chi connectivity index (χ2v) is 8.11. The van der Waals surface area contributed by atoms with Gasteiger partial charge < -0.3 is 5.32 Å². The molecule has 0 bridgehead atoms. The first-order valence-electron chi connectivity index (χ1n) is 7.77. The van der Waals surface area contributed by atoms with Gasteiger partial charge in [0.1, 0.15) is 11.3 Å². The number of aromatic nitrogens is 1. The molecule has 0 aliphatic carbocycles. The van der Waals surface area contributed by atoms with Gasteiger partial charge in [0.05, 0.1) is 6.26 Å². The number of nitrogens with one attached hydrogen (secondary N) is 1. The number of hydrogen-bond donors (Lipinski definition) is 1. The number of anilines is 1. The Balaban J connectivity index is 1.69. The van der Waals surface area contributed by atoms with Gasteiger partial charge in [-0.1, -0.05) is 0 Å². The van der Waals surface area contributed by atoms with E-state index in [4.69, 9.17) is 0 Å². The summed E-state index contributed by atoms with van der Waals surface area (Å²) in [6.45, 7) is 1.63. The fourth-order valence-electron chi connectivity index (χ4n) is 3.03. The van der Waals surface area contributed by atoms with E-state index in [1.807, 2.05) is 0 Å². The predicted octanol–water partition coefficient (Wildman–Crippen LogP) is 2.60. The second-order valence-electron chi connectivity index (χ2n) is 6.13. The van der Waals surface area contributed by atoms with Crippen LogP contribution in [0.5, 0.6) is 0 Å². The van der Waals surface area contributed by atoms with E-state index in [1.165, 1.54) is 22.8 Å². The topological polar surface area (TPSA) is 62.3 Å². The lowest BCUT2D eigenvalue weighted by atomic mass is 9.98. The number of pyridine rings is 1. The smallest absolute Gasteiger partial charge is 0.211 e. The maximum Gasteiger partial charge on any atom is 0.211 e. The highest BCUT2D eigenvalue weighted by Gasteiger charge is 2.24. The summed E-state index contributed by atoms with van der Waals surface area (Å²) in [5.41, 5.74) is 0.761. The number of piperidine rings is 1. The summed E-state index contributed by atoms with van der Waals surface area (Å²) < 4.78 is 51.8. The molecule has 1 saturated heterocycles. The summed E-state index contributed by atoms with van der Waals surface area (Å²) in [4.78, 5) is 3.96. The van der Waals surface area contributed by atoms with Crippen molar-refractivity contribution in [1.82, 2.24) is 9.29 Å². The van der Waals surface area contributed by atoms with Gasteiger partial charge in [-0.05, 0) is 30.9 Å². The Kier molecular flexibility index (Phi) is 4.69. The summed E-state index contributed by atoms with van der Waals surface area (Å²) >= 11 is 0. The molecule has 0 radical (unpaired) electrons. The van der Waals surface area contributed by atoms with E-state index in [1.54, 1.807) is 6.07 Å².